The van der Waals surface area contributed by atoms with Crippen molar-refractivity contribution in [3.8, 4) is 5.69 Å². The van der Waals surface area contributed by atoms with Gasteiger partial charge in [0.15, 0.2) is 11.9 Å². The summed E-state index contributed by atoms with van der Waals surface area (Å²) in [5.74, 6) is 0.264. The first kappa shape index (κ1) is 16.0. The van der Waals surface area contributed by atoms with Gasteiger partial charge in [-0.3, -0.25) is 9.36 Å². The largest absolute Gasteiger partial charge is 0.439 e. The highest BCUT2D eigenvalue weighted by molar-refractivity contribution is 6.35. The number of hydrogen-bond donors (Lipinski definition) is 1. The minimum atomic E-state index is -0.942. The van der Waals surface area contributed by atoms with Crippen molar-refractivity contribution in [2.75, 3.05) is 0 Å². The molecular formula is C17H14ClN3O3. The van der Waals surface area contributed by atoms with Crippen molar-refractivity contribution in [2.24, 2.45) is 5.73 Å². The van der Waals surface area contributed by atoms with Crippen molar-refractivity contribution in [3.63, 3.8) is 0 Å². The van der Waals surface area contributed by atoms with Crippen LogP contribution in [0.5, 0.6) is 0 Å². The standard InChI is InChI=1S/C17H14ClN3O3/c1-10(24-17(19)23)15-20-13-9-5-8-12(18)14(13)16(22)21(15)11-6-3-2-4-7-11/h2-10H,1H3,(H2,19,23). The third kappa shape index (κ3) is 2.83. The zero-order chi connectivity index (χ0) is 17.3. The van der Waals surface area contributed by atoms with Crippen LogP contribution in [-0.2, 0) is 4.74 Å². The Balaban J connectivity index is 2.37. The molecule has 0 aliphatic carbocycles. The highest BCUT2D eigenvalue weighted by Gasteiger charge is 2.21. The molecule has 2 N–H and O–H groups in total. The molecule has 0 aliphatic heterocycles. The van der Waals surface area contributed by atoms with Crippen LogP contribution in [0.4, 0.5) is 4.79 Å². The number of amides is 1. The molecule has 1 amide bonds. The smallest absolute Gasteiger partial charge is 0.405 e. The summed E-state index contributed by atoms with van der Waals surface area (Å²) in [5, 5.41) is 0.614. The van der Waals surface area contributed by atoms with Crippen LogP contribution in [0.2, 0.25) is 5.02 Å². The molecule has 1 unspecified atom stereocenters. The summed E-state index contributed by atoms with van der Waals surface area (Å²) in [6.07, 6.45) is -1.75. The fourth-order valence-electron chi connectivity index (χ4n) is 2.53. The Morgan fingerprint density at radius 3 is 2.58 bits per heavy atom. The van der Waals surface area contributed by atoms with Gasteiger partial charge in [-0.15, -0.1) is 0 Å². The van der Waals surface area contributed by atoms with Crippen LogP contribution in [0.15, 0.2) is 53.3 Å². The SMILES string of the molecule is CC(OC(N)=O)c1nc2cccc(Cl)c2c(=O)n1-c1ccccc1. The number of aromatic nitrogens is 2. The molecule has 0 bridgehead atoms. The Kier molecular flexibility index (Phi) is 4.22. The van der Waals surface area contributed by atoms with E-state index in [4.69, 9.17) is 22.1 Å². The van der Waals surface area contributed by atoms with E-state index in [0.717, 1.165) is 0 Å². The predicted octanol–water partition coefficient (Wildman–Crippen LogP) is 3.20. The molecule has 0 saturated carbocycles. The Labute approximate surface area is 142 Å². The number of nitrogens with zero attached hydrogens (tertiary/aromatic N) is 2. The Bertz CT molecular complexity index is 970. The first-order chi connectivity index (χ1) is 11.5. The molecule has 1 aromatic heterocycles. The number of primary amides is 1. The van der Waals surface area contributed by atoms with Crippen molar-refractivity contribution in [3.05, 3.63) is 69.7 Å². The molecule has 1 heterocycles. The maximum Gasteiger partial charge on any atom is 0.405 e. The van der Waals surface area contributed by atoms with E-state index in [1.165, 1.54) is 4.57 Å². The van der Waals surface area contributed by atoms with E-state index in [1.807, 2.05) is 6.07 Å². The molecule has 0 fully saturated rings. The van der Waals surface area contributed by atoms with Crippen LogP contribution in [-0.4, -0.2) is 15.6 Å². The van der Waals surface area contributed by atoms with Gasteiger partial charge in [0.2, 0.25) is 0 Å². The maximum atomic E-state index is 13.0. The summed E-state index contributed by atoms with van der Waals surface area (Å²) in [4.78, 5) is 28.6. The third-order valence-electron chi connectivity index (χ3n) is 3.54. The Hall–Kier alpha value is -2.86. The van der Waals surface area contributed by atoms with Gasteiger partial charge in [0.1, 0.15) is 0 Å². The first-order valence-corrected chi connectivity index (χ1v) is 7.59. The number of benzene rings is 2. The molecule has 1 atom stereocenters. The summed E-state index contributed by atoms with van der Waals surface area (Å²) in [5.41, 5.74) is 5.77. The second-order valence-electron chi connectivity index (χ2n) is 5.16. The van der Waals surface area contributed by atoms with Crippen molar-refractivity contribution >= 4 is 28.6 Å². The van der Waals surface area contributed by atoms with Crippen LogP contribution in [0.25, 0.3) is 16.6 Å². The van der Waals surface area contributed by atoms with E-state index in [2.05, 4.69) is 4.98 Å². The van der Waals surface area contributed by atoms with E-state index >= 15 is 0 Å². The monoisotopic (exact) mass is 343 g/mol. The summed E-state index contributed by atoms with van der Waals surface area (Å²) in [7, 11) is 0. The van der Waals surface area contributed by atoms with E-state index in [-0.39, 0.29) is 11.4 Å². The fraction of sp³-hybridized carbons (Fsp3) is 0.118. The highest BCUT2D eigenvalue weighted by Crippen LogP contribution is 2.23. The minimum Gasteiger partial charge on any atom is -0.439 e. The predicted molar refractivity (Wildman–Crippen MR) is 91.4 cm³/mol. The maximum absolute atomic E-state index is 13.0. The molecule has 0 spiro atoms. The van der Waals surface area contributed by atoms with Crippen LogP contribution >= 0.6 is 11.6 Å². The molecule has 2 aromatic carbocycles. The van der Waals surface area contributed by atoms with Crippen LogP contribution < -0.4 is 11.3 Å². The second-order valence-corrected chi connectivity index (χ2v) is 5.57. The number of halogens is 1. The molecular weight excluding hydrogens is 330 g/mol. The molecule has 0 aliphatic rings. The number of nitrogens with two attached hydrogens (primary N) is 1. The van der Waals surface area contributed by atoms with Gasteiger partial charge in [0.25, 0.3) is 5.56 Å². The molecule has 3 rings (SSSR count). The zero-order valence-electron chi connectivity index (χ0n) is 12.8. The zero-order valence-corrected chi connectivity index (χ0v) is 13.5. The van der Waals surface area contributed by atoms with Gasteiger partial charge in [0.05, 0.1) is 21.6 Å². The van der Waals surface area contributed by atoms with Gasteiger partial charge in [-0.1, -0.05) is 35.9 Å². The second kappa shape index (κ2) is 6.33. The summed E-state index contributed by atoms with van der Waals surface area (Å²) < 4.78 is 6.39. The molecule has 0 saturated heterocycles. The Morgan fingerprint density at radius 2 is 1.92 bits per heavy atom. The number of ether oxygens (including phenoxy) is 1. The molecule has 0 radical (unpaired) electrons. The van der Waals surface area contributed by atoms with Gasteiger partial charge in [-0.05, 0) is 31.2 Å². The van der Waals surface area contributed by atoms with Gasteiger partial charge < -0.3 is 10.5 Å². The van der Waals surface area contributed by atoms with Crippen molar-refractivity contribution in [1.29, 1.82) is 0 Å². The normalized spacial score (nSPS) is 12.1. The van der Waals surface area contributed by atoms with Crippen LogP contribution in [0.1, 0.15) is 18.9 Å². The lowest BCUT2D eigenvalue weighted by molar-refractivity contribution is 0.110. The minimum absolute atomic E-state index is 0.264. The van der Waals surface area contributed by atoms with Gasteiger partial charge >= 0.3 is 6.09 Å². The van der Waals surface area contributed by atoms with Crippen LogP contribution in [0.3, 0.4) is 0 Å². The lowest BCUT2D eigenvalue weighted by Gasteiger charge is -2.18. The Morgan fingerprint density at radius 1 is 1.21 bits per heavy atom. The molecule has 6 nitrogen and oxygen atoms in total. The number of fused-ring (bicyclic) bond motifs is 1. The van der Waals surface area contributed by atoms with E-state index in [9.17, 15) is 9.59 Å². The number of carbonyl (C=O) groups excluding carboxylic acids is 1. The summed E-state index contributed by atoms with van der Waals surface area (Å²) in [6, 6.07) is 13.9. The van der Waals surface area contributed by atoms with E-state index in [1.54, 1.807) is 49.4 Å². The van der Waals surface area contributed by atoms with Crippen molar-refractivity contribution in [2.45, 2.75) is 13.0 Å². The summed E-state index contributed by atoms with van der Waals surface area (Å²) >= 11 is 6.18. The molecule has 3 aromatic rings. The lowest BCUT2D eigenvalue weighted by atomic mass is 10.2. The van der Waals surface area contributed by atoms with Gasteiger partial charge in [-0.2, -0.15) is 0 Å². The lowest BCUT2D eigenvalue weighted by Crippen LogP contribution is -2.27. The topological polar surface area (TPSA) is 87.2 Å². The average Bonchev–Trinajstić information content (AvgIpc) is 2.54. The number of carbonyl (C=O) groups is 1. The van der Waals surface area contributed by atoms with Crippen molar-refractivity contribution in [1.82, 2.24) is 9.55 Å². The van der Waals surface area contributed by atoms with Crippen LogP contribution in [0, 0.1) is 0 Å². The highest BCUT2D eigenvalue weighted by atomic mass is 35.5. The average molecular weight is 344 g/mol. The van der Waals surface area contributed by atoms with E-state index < -0.39 is 12.2 Å². The molecule has 7 heteroatoms. The first-order valence-electron chi connectivity index (χ1n) is 7.21. The number of para-hydroxylation sites is 1. The molecule has 24 heavy (non-hydrogen) atoms. The molecule has 122 valence electrons. The van der Waals surface area contributed by atoms with Gasteiger partial charge in [-0.25, -0.2) is 9.78 Å². The van der Waals surface area contributed by atoms with Crippen molar-refractivity contribution < 1.29 is 9.53 Å². The fourth-order valence-corrected chi connectivity index (χ4v) is 2.78. The number of rotatable bonds is 3. The number of hydrogen-bond acceptors (Lipinski definition) is 4. The van der Waals surface area contributed by atoms with Gasteiger partial charge in [0, 0.05) is 0 Å². The van der Waals surface area contributed by atoms with E-state index in [0.29, 0.717) is 21.6 Å². The third-order valence-corrected chi connectivity index (χ3v) is 3.86. The quantitative estimate of drug-likeness (QED) is 0.791. The summed E-state index contributed by atoms with van der Waals surface area (Å²) in [6.45, 7) is 1.60.